The van der Waals surface area contributed by atoms with Crippen molar-refractivity contribution in [3.8, 4) is 11.1 Å². The minimum absolute atomic E-state index is 0.380. The molecule has 0 aliphatic heterocycles. The zero-order valence-corrected chi connectivity index (χ0v) is 13.9. The first-order valence-corrected chi connectivity index (χ1v) is 8.93. The summed E-state index contributed by atoms with van der Waals surface area (Å²) < 4.78 is 0. The average Bonchev–Trinajstić information content (AvgIpc) is 2.91. The maximum absolute atomic E-state index is 2.49. The van der Waals surface area contributed by atoms with Gasteiger partial charge in [0.15, 0.2) is 0 Å². The molecule has 2 unspecified atom stereocenters. The summed E-state index contributed by atoms with van der Waals surface area (Å²) in [5, 5.41) is 0. The zero-order valence-electron chi connectivity index (χ0n) is 13.9. The summed E-state index contributed by atoms with van der Waals surface area (Å²) in [4.78, 5) is 0. The second kappa shape index (κ2) is 5.26. The van der Waals surface area contributed by atoms with E-state index < -0.39 is 0 Å². The van der Waals surface area contributed by atoms with Crippen LogP contribution in [0.2, 0.25) is 0 Å². The van der Waals surface area contributed by atoms with Crippen LogP contribution in [0, 0.1) is 5.92 Å². The molecule has 0 nitrogen and oxygen atoms in total. The SMILES string of the molecule is CCC1CCCC1(C)c1cccc(-c2ccc3c(c2)CC3)c1. The van der Waals surface area contributed by atoms with E-state index in [1.165, 1.54) is 49.7 Å². The Labute approximate surface area is 134 Å². The summed E-state index contributed by atoms with van der Waals surface area (Å²) in [6.07, 6.45) is 7.97. The Bertz CT molecular complexity index is 697. The van der Waals surface area contributed by atoms with E-state index in [0.29, 0.717) is 5.41 Å². The van der Waals surface area contributed by atoms with Crippen LogP contribution in [-0.2, 0) is 18.3 Å². The standard InChI is InChI=1S/C22H26/c1-3-20-8-5-13-22(20,2)21-7-4-6-17(15-21)19-12-10-16-9-11-18(16)14-19/h4,6-7,10,12,14-15,20H,3,5,8-9,11,13H2,1-2H3. The van der Waals surface area contributed by atoms with E-state index in [1.807, 2.05) is 0 Å². The van der Waals surface area contributed by atoms with Gasteiger partial charge in [-0.05, 0) is 64.8 Å². The molecular formula is C22H26. The van der Waals surface area contributed by atoms with Gasteiger partial charge in [-0.3, -0.25) is 0 Å². The summed E-state index contributed by atoms with van der Waals surface area (Å²) >= 11 is 0. The number of hydrogen-bond acceptors (Lipinski definition) is 0. The first kappa shape index (κ1) is 14.1. The molecule has 4 rings (SSSR count). The van der Waals surface area contributed by atoms with Gasteiger partial charge in [0.1, 0.15) is 0 Å². The fourth-order valence-electron chi connectivity index (χ4n) is 4.70. The highest BCUT2D eigenvalue weighted by Crippen LogP contribution is 2.47. The summed E-state index contributed by atoms with van der Waals surface area (Å²) in [6, 6.07) is 16.4. The molecule has 2 atom stereocenters. The Kier molecular flexibility index (Phi) is 3.36. The lowest BCUT2D eigenvalue weighted by Gasteiger charge is -2.32. The van der Waals surface area contributed by atoms with Gasteiger partial charge in [-0.2, -0.15) is 0 Å². The van der Waals surface area contributed by atoms with Gasteiger partial charge >= 0.3 is 0 Å². The van der Waals surface area contributed by atoms with Crippen LogP contribution in [0.1, 0.15) is 56.2 Å². The van der Waals surface area contributed by atoms with E-state index in [1.54, 1.807) is 16.7 Å². The van der Waals surface area contributed by atoms with Gasteiger partial charge in [-0.1, -0.05) is 69.2 Å². The molecule has 0 N–H and O–H groups in total. The number of fused-ring (bicyclic) bond motifs is 1. The molecule has 0 aromatic heterocycles. The van der Waals surface area contributed by atoms with Crippen molar-refractivity contribution in [1.82, 2.24) is 0 Å². The van der Waals surface area contributed by atoms with Gasteiger partial charge in [-0.15, -0.1) is 0 Å². The predicted molar refractivity (Wildman–Crippen MR) is 94.3 cm³/mol. The first-order chi connectivity index (χ1) is 10.7. The molecule has 22 heavy (non-hydrogen) atoms. The third kappa shape index (κ3) is 2.12. The van der Waals surface area contributed by atoms with Gasteiger partial charge in [0.05, 0.1) is 0 Å². The molecule has 0 heteroatoms. The lowest BCUT2D eigenvalue weighted by atomic mass is 9.72. The van der Waals surface area contributed by atoms with Gasteiger partial charge in [0.25, 0.3) is 0 Å². The van der Waals surface area contributed by atoms with Crippen molar-refractivity contribution in [1.29, 1.82) is 0 Å². The topological polar surface area (TPSA) is 0 Å². The van der Waals surface area contributed by atoms with Gasteiger partial charge in [0.2, 0.25) is 0 Å². The van der Waals surface area contributed by atoms with Crippen molar-refractivity contribution in [3.05, 3.63) is 59.2 Å². The summed E-state index contributed by atoms with van der Waals surface area (Å²) in [5.74, 6) is 0.847. The maximum atomic E-state index is 2.49. The molecule has 0 bridgehead atoms. The van der Waals surface area contributed by atoms with Crippen LogP contribution in [0.25, 0.3) is 11.1 Å². The molecule has 0 amide bonds. The molecule has 1 fully saturated rings. The highest BCUT2D eigenvalue weighted by atomic mass is 14.4. The third-order valence-corrected chi connectivity index (χ3v) is 6.37. The lowest BCUT2D eigenvalue weighted by molar-refractivity contribution is 0.335. The molecule has 0 heterocycles. The third-order valence-electron chi connectivity index (χ3n) is 6.37. The van der Waals surface area contributed by atoms with E-state index in [9.17, 15) is 0 Å². The van der Waals surface area contributed by atoms with Crippen molar-refractivity contribution in [3.63, 3.8) is 0 Å². The first-order valence-electron chi connectivity index (χ1n) is 8.93. The molecule has 2 aliphatic rings. The Morgan fingerprint density at radius 2 is 1.82 bits per heavy atom. The van der Waals surface area contributed by atoms with Crippen LogP contribution in [0.15, 0.2) is 42.5 Å². The van der Waals surface area contributed by atoms with Crippen molar-refractivity contribution >= 4 is 0 Å². The van der Waals surface area contributed by atoms with E-state index in [4.69, 9.17) is 0 Å². The van der Waals surface area contributed by atoms with Crippen molar-refractivity contribution in [2.75, 3.05) is 0 Å². The van der Waals surface area contributed by atoms with E-state index >= 15 is 0 Å². The quantitative estimate of drug-likeness (QED) is 0.658. The van der Waals surface area contributed by atoms with Crippen molar-refractivity contribution in [2.24, 2.45) is 5.92 Å². The summed E-state index contributed by atoms with van der Waals surface area (Å²) in [7, 11) is 0. The lowest BCUT2D eigenvalue weighted by Crippen LogP contribution is -2.26. The number of hydrogen-bond donors (Lipinski definition) is 0. The molecule has 114 valence electrons. The smallest absolute Gasteiger partial charge is 0.00469 e. The Morgan fingerprint density at radius 1 is 1.00 bits per heavy atom. The predicted octanol–water partition coefficient (Wildman–Crippen LogP) is 5.92. The van der Waals surface area contributed by atoms with Gasteiger partial charge in [0, 0.05) is 0 Å². The molecule has 1 saturated carbocycles. The zero-order chi connectivity index (χ0) is 15.2. The molecule has 2 aromatic carbocycles. The summed E-state index contributed by atoms with van der Waals surface area (Å²) in [6.45, 7) is 4.85. The van der Waals surface area contributed by atoms with E-state index in [2.05, 4.69) is 56.3 Å². The normalized spacial score (nSPS) is 26.5. The monoisotopic (exact) mass is 290 g/mol. The maximum Gasteiger partial charge on any atom is -0.00469 e. The minimum atomic E-state index is 0.380. The van der Waals surface area contributed by atoms with E-state index in [0.717, 1.165) is 5.92 Å². The molecular weight excluding hydrogens is 264 g/mol. The molecule has 0 radical (unpaired) electrons. The molecule has 2 aliphatic carbocycles. The van der Waals surface area contributed by atoms with Gasteiger partial charge < -0.3 is 0 Å². The van der Waals surface area contributed by atoms with Crippen LogP contribution >= 0.6 is 0 Å². The van der Waals surface area contributed by atoms with Crippen molar-refractivity contribution in [2.45, 2.75) is 57.8 Å². The van der Waals surface area contributed by atoms with Crippen LogP contribution < -0.4 is 0 Å². The number of benzene rings is 2. The Balaban J connectivity index is 1.72. The highest BCUT2D eigenvalue weighted by Gasteiger charge is 2.38. The van der Waals surface area contributed by atoms with Gasteiger partial charge in [-0.25, -0.2) is 0 Å². The van der Waals surface area contributed by atoms with E-state index in [-0.39, 0.29) is 0 Å². The molecule has 0 saturated heterocycles. The highest BCUT2D eigenvalue weighted by molar-refractivity contribution is 5.67. The Morgan fingerprint density at radius 3 is 2.55 bits per heavy atom. The fraction of sp³-hybridized carbons (Fsp3) is 0.455. The Hall–Kier alpha value is -1.56. The minimum Gasteiger partial charge on any atom is -0.0651 e. The average molecular weight is 290 g/mol. The van der Waals surface area contributed by atoms with Crippen molar-refractivity contribution < 1.29 is 0 Å². The van der Waals surface area contributed by atoms with Crippen LogP contribution in [0.3, 0.4) is 0 Å². The molecule has 0 spiro atoms. The molecule has 2 aromatic rings. The van der Waals surface area contributed by atoms with Crippen LogP contribution in [-0.4, -0.2) is 0 Å². The number of aryl methyl sites for hydroxylation is 2. The second-order valence-corrected chi connectivity index (χ2v) is 7.48. The summed E-state index contributed by atoms with van der Waals surface area (Å²) in [5.41, 5.74) is 7.84. The van der Waals surface area contributed by atoms with Crippen LogP contribution in [0.4, 0.5) is 0 Å². The second-order valence-electron chi connectivity index (χ2n) is 7.48. The largest absolute Gasteiger partial charge is 0.0651 e. The fourth-order valence-corrected chi connectivity index (χ4v) is 4.70. The van der Waals surface area contributed by atoms with Crippen LogP contribution in [0.5, 0.6) is 0 Å². The number of rotatable bonds is 3.